The summed E-state index contributed by atoms with van der Waals surface area (Å²) in [5, 5.41) is 9.29. The van der Waals surface area contributed by atoms with Crippen molar-refractivity contribution in [2.45, 2.75) is 0 Å². The van der Waals surface area contributed by atoms with Crippen LogP contribution in [0.25, 0.3) is 0 Å². The predicted octanol–water partition coefficient (Wildman–Crippen LogP) is 3.43. The lowest BCUT2D eigenvalue weighted by molar-refractivity contribution is 0.0735. The van der Waals surface area contributed by atoms with E-state index in [0.29, 0.717) is 21.9 Å². The van der Waals surface area contributed by atoms with Gasteiger partial charge >= 0.3 is 5.97 Å². The van der Waals surface area contributed by atoms with E-state index in [9.17, 15) is 4.79 Å². The van der Waals surface area contributed by atoms with Crippen molar-refractivity contribution in [1.82, 2.24) is 0 Å². The fourth-order valence-corrected chi connectivity index (χ4v) is 1.51. The first-order chi connectivity index (χ1) is 8.69. The summed E-state index contributed by atoms with van der Waals surface area (Å²) in [5.41, 5.74) is 0.846. The zero-order chi connectivity index (χ0) is 13.0. The first-order valence-electron chi connectivity index (χ1n) is 5.17. The molecule has 0 radical (unpaired) electrons. The number of carbonyl (C=O) groups is 1. The van der Waals surface area contributed by atoms with Crippen LogP contribution in [0.1, 0.15) is 15.9 Å². The van der Waals surface area contributed by atoms with E-state index in [0.717, 1.165) is 0 Å². The quantitative estimate of drug-likeness (QED) is 0.612. The Morgan fingerprint density at radius 2 is 1.89 bits per heavy atom. The van der Waals surface area contributed by atoms with E-state index >= 15 is 0 Å². The third-order valence-corrected chi connectivity index (χ3v) is 2.51. The Morgan fingerprint density at radius 3 is 2.56 bits per heavy atom. The molecule has 2 aromatic carbocycles. The van der Waals surface area contributed by atoms with Crippen LogP contribution in [-0.4, -0.2) is 5.97 Å². The highest BCUT2D eigenvalue weighted by atomic mass is 35.5. The summed E-state index contributed by atoms with van der Waals surface area (Å²) >= 11 is 5.73. The molecular weight excluding hydrogens is 250 g/mol. The number of carbonyl (C=O) groups excluding carboxylic acids is 1. The summed E-state index contributed by atoms with van der Waals surface area (Å²) in [6.07, 6.45) is 0. The van der Waals surface area contributed by atoms with Crippen molar-refractivity contribution in [3.05, 3.63) is 64.7 Å². The molecule has 0 bridgehead atoms. The van der Waals surface area contributed by atoms with Crippen LogP contribution in [-0.2, 0) is 0 Å². The van der Waals surface area contributed by atoms with E-state index < -0.39 is 5.97 Å². The van der Waals surface area contributed by atoms with Crippen molar-refractivity contribution in [2.75, 3.05) is 0 Å². The van der Waals surface area contributed by atoms with Crippen molar-refractivity contribution < 1.29 is 9.53 Å². The summed E-state index contributed by atoms with van der Waals surface area (Å²) in [5.74, 6) is -0.143. The summed E-state index contributed by atoms with van der Waals surface area (Å²) in [4.78, 5) is 11.8. The van der Waals surface area contributed by atoms with Crippen LogP contribution >= 0.6 is 11.6 Å². The van der Waals surface area contributed by atoms with Crippen molar-refractivity contribution in [2.24, 2.45) is 0 Å². The number of hydrogen-bond donors (Lipinski definition) is 0. The first-order valence-corrected chi connectivity index (χ1v) is 5.55. The van der Waals surface area contributed by atoms with Crippen molar-refractivity contribution in [1.29, 1.82) is 5.26 Å². The molecule has 0 saturated carbocycles. The van der Waals surface area contributed by atoms with Gasteiger partial charge in [-0.25, -0.2) is 4.79 Å². The lowest BCUT2D eigenvalue weighted by Crippen LogP contribution is -2.08. The number of hydrogen-bond acceptors (Lipinski definition) is 3. The molecule has 0 unspecified atom stereocenters. The largest absolute Gasteiger partial charge is 0.423 e. The third-order valence-electron chi connectivity index (χ3n) is 2.25. The minimum atomic E-state index is -0.484. The summed E-state index contributed by atoms with van der Waals surface area (Å²) in [6, 6.07) is 14.8. The third kappa shape index (κ3) is 2.88. The Balaban J connectivity index is 2.16. The van der Waals surface area contributed by atoms with Gasteiger partial charge in [-0.2, -0.15) is 5.26 Å². The molecule has 0 aliphatic heterocycles. The van der Waals surface area contributed by atoms with Crippen LogP contribution in [0, 0.1) is 11.3 Å². The number of rotatable bonds is 2. The van der Waals surface area contributed by atoms with Gasteiger partial charge in [0.2, 0.25) is 0 Å². The molecular formula is C14H8ClNO2. The average molecular weight is 258 g/mol. The Hall–Kier alpha value is -2.31. The molecule has 18 heavy (non-hydrogen) atoms. The second-order valence-corrected chi connectivity index (χ2v) is 3.97. The standard InChI is InChI=1S/C14H8ClNO2/c15-12-6-4-11(5-7-12)14(17)18-13-3-1-2-10(8-13)9-16/h1-8H. The smallest absolute Gasteiger partial charge is 0.343 e. The second kappa shape index (κ2) is 5.35. The number of nitriles is 1. The van der Waals surface area contributed by atoms with Gasteiger partial charge in [0.1, 0.15) is 5.75 Å². The minimum Gasteiger partial charge on any atom is -0.423 e. The number of nitrogens with zero attached hydrogens (tertiary/aromatic N) is 1. The Bertz CT molecular complexity index is 614. The predicted molar refractivity (Wildman–Crippen MR) is 67.6 cm³/mol. The normalized spacial score (nSPS) is 9.56. The lowest BCUT2D eigenvalue weighted by atomic mass is 10.2. The Morgan fingerprint density at radius 1 is 1.17 bits per heavy atom. The molecule has 88 valence electrons. The fourth-order valence-electron chi connectivity index (χ4n) is 1.38. The first kappa shape index (κ1) is 12.2. The summed E-state index contributed by atoms with van der Waals surface area (Å²) in [6.45, 7) is 0. The molecule has 2 aromatic rings. The van der Waals surface area contributed by atoms with Gasteiger partial charge in [-0.3, -0.25) is 0 Å². The zero-order valence-corrected chi connectivity index (χ0v) is 10.0. The van der Waals surface area contributed by atoms with Gasteiger partial charge in [0.25, 0.3) is 0 Å². The molecule has 0 amide bonds. The molecule has 0 spiro atoms. The molecule has 4 heteroatoms. The molecule has 0 saturated heterocycles. The molecule has 2 rings (SSSR count). The minimum absolute atomic E-state index is 0.342. The van der Waals surface area contributed by atoms with Crippen LogP contribution < -0.4 is 4.74 Å². The number of esters is 1. The molecule has 0 aromatic heterocycles. The van der Waals surface area contributed by atoms with E-state index in [1.807, 2.05) is 6.07 Å². The van der Waals surface area contributed by atoms with Crippen LogP contribution in [0.5, 0.6) is 5.75 Å². The highest BCUT2D eigenvalue weighted by molar-refractivity contribution is 6.30. The summed E-state index contributed by atoms with van der Waals surface area (Å²) < 4.78 is 5.15. The number of benzene rings is 2. The van der Waals surface area contributed by atoms with Crippen LogP contribution in [0.4, 0.5) is 0 Å². The van der Waals surface area contributed by atoms with E-state index in [4.69, 9.17) is 21.6 Å². The monoisotopic (exact) mass is 257 g/mol. The fraction of sp³-hybridized carbons (Fsp3) is 0. The second-order valence-electron chi connectivity index (χ2n) is 3.54. The van der Waals surface area contributed by atoms with Crippen LogP contribution in [0.15, 0.2) is 48.5 Å². The van der Waals surface area contributed by atoms with Crippen molar-refractivity contribution in [3.63, 3.8) is 0 Å². The van der Waals surface area contributed by atoms with Gasteiger partial charge in [0.05, 0.1) is 17.2 Å². The summed E-state index contributed by atoms with van der Waals surface area (Å²) in [7, 11) is 0. The van der Waals surface area contributed by atoms with Crippen LogP contribution in [0.3, 0.4) is 0 Å². The Kier molecular flexibility index (Phi) is 3.61. The SMILES string of the molecule is N#Cc1cccc(OC(=O)c2ccc(Cl)cc2)c1. The Labute approximate surface area is 109 Å². The van der Waals surface area contributed by atoms with Gasteiger partial charge < -0.3 is 4.74 Å². The average Bonchev–Trinajstić information content (AvgIpc) is 2.39. The topological polar surface area (TPSA) is 50.1 Å². The number of ether oxygens (including phenoxy) is 1. The maximum absolute atomic E-state index is 11.8. The van der Waals surface area contributed by atoms with Crippen molar-refractivity contribution in [3.8, 4) is 11.8 Å². The molecule has 0 fully saturated rings. The maximum Gasteiger partial charge on any atom is 0.343 e. The van der Waals surface area contributed by atoms with Gasteiger partial charge in [-0.15, -0.1) is 0 Å². The van der Waals surface area contributed by atoms with E-state index in [-0.39, 0.29) is 0 Å². The van der Waals surface area contributed by atoms with E-state index in [1.54, 1.807) is 42.5 Å². The van der Waals surface area contributed by atoms with Gasteiger partial charge in [-0.1, -0.05) is 17.7 Å². The molecule has 0 aliphatic rings. The zero-order valence-electron chi connectivity index (χ0n) is 9.26. The van der Waals surface area contributed by atoms with Gasteiger partial charge in [-0.05, 0) is 42.5 Å². The van der Waals surface area contributed by atoms with Gasteiger partial charge in [0, 0.05) is 5.02 Å². The molecule has 3 nitrogen and oxygen atoms in total. The van der Waals surface area contributed by atoms with Crippen molar-refractivity contribution >= 4 is 17.6 Å². The van der Waals surface area contributed by atoms with E-state index in [1.165, 1.54) is 6.07 Å². The lowest BCUT2D eigenvalue weighted by Gasteiger charge is -2.04. The molecule has 0 heterocycles. The molecule has 0 aliphatic carbocycles. The van der Waals surface area contributed by atoms with Crippen LogP contribution in [0.2, 0.25) is 5.02 Å². The van der Waals surface area contributed by atoms with Gasteiger partial charge in [0.15, 0.2) is 0 Å². The maximum atomic E-state index is 11.8. The highest BCUT2D eigenvalue weighted by Crippen LogP contribution is 2.16. The number of halogens is 1. The molecule has 0 atom stereocenters. The highest BCUT2D eigenvalue weighted by Gasteiger charge is 2.08. The molecule has 0 N–H and O–H groups in total. The van der Waals surface area contributed by atoms with E-state index in [2.05, 4.69) is 0 Å².